The molecule has 24 heavy (non-hydrogen) atoms. The summed E-state index contributed by atoms with van der Waals surface area (Å²) in [5.41, 5.74) is 1.37. The lowest BCUT2D eigenvalue weighted by molar-refractivity contribution is 0.630. The van der Waals surface area contributed by atoms with Crippen LogP contribution in [0.2, 0.25) is 0 Å². The third kappa shape index (κ3) is 6.86. The highest BCUT2D eigenvalue weighted by atomic mass is 127. The van der Waals surface area contributed by atoms with Crippen molar-refractivity contribution in [2.45, 2.75) is 32.7 Å². The molecule has 0 fully saturated rings. The Morgan fingerprint density at radius 2 is 1.92 bits per heavy atom. The van der Waals surface area contributed by atoms with E-state index in [1.54, 1.807) is 13.4 Å². The molecule has 2 rings (SSSR count). The van der Waals surface area contributed by atoms with Gasteiger partial charge >= 0.3 is 0 Å². The fourth-order valence-electron chi connectivity index (χ4n) is 2.40. The largest absolute Gasteiger partial charge is 0.356 e. The van der Waals surface area contributed by atoms with Crippen molar-refractivity contribution in [2.24, 2.45) is 4.99 Å². The molecule has 1 heterocycles. The van der Waals surface area contributed by atoms with Gasteiger partial charge in [-0.25, -0.2) is 0 Å². The average molecular weight is 442 g/mol. The summed E-state index contributed by atoms with van der Waals surface area (Å²) in [6, 6.07) is 10.5. The number of nitrogens with one attached hydrogen (secondary N) is 2. The zero-order valence-corrected chi connectivity index (χ0v) is 16.7. The van der Waals surface area contributed by atoms with E-state index in [0.29, 0.717) is 0 Å². The first kappa shape index (κ1) is 20.4. The predicted octanol–water partition coefficient (Wildman–Crippen LogP) is 2.26. The number of hydrogen-bond donors (Lipinski definition) is 2. The normalized spacial score (nSPS) is 11.0. The van der Waals surface area contributed by atoms with E-state index in [4.69, 9.17) is 0 Å². The van der Waals surface area contributed by atoms with E-state index in [1.807, 2.05) is 6.07 Å². The minimum absolute atomic E-state index is 0. The summed E-state index contributed by atoms with van der Waals surface area (Å²) in [5.74, 6) is 1.85. The second kappa shape index (κ2) is 11.8. The Bertz CT molecular complexity index is 596. The first-order chi connectivity index (χ1) is 11.3. The first-order valence-corrected chi connectivity index (χ1v) is 8.18. The average Bonchev–Trinajstić information content (AvgIpc) is 3.05. The molecule has 1 aromatic carbocycles. The van der Waals surface area contributed by atoms with Crippen molar-refractivity contribution in [3.8, 4) is 0 Å². The van der Waals surface area contributed by atoms with Crippen molar-refractivity contribution in [1.29, 1.82) is 0 Å². The van der Waals surface area contributed by atoms with Crippen LogP contribution in [0.1, 0.15) is 24.7 Å². The Morgan fingerprint density at radius 1 is 1.17 bits per heavy atom. The number of nitrogens with zero attached hydrogens (tertiary/aromatic N) is 4. The van der Waals surface area contributed by atoms with Gasteiger partial charge in [0.2, 0.25) is 0 Å². The number of aromatic nitrogens is 3. The van der Waals surface area contributed by atoms with Crippen molar-refractivity contribution in [1.82, 2.24) is 25.4 Å². The monoisotopic (exact) mass is 442 g/mol. The van der Waals surface area contributed by atoms with E-state index in [2.05, 4.69) is 61.6 Å². The Labute approximate surface area is 161 Å². The molecule has 0 saturated heterocycles. The first-order valence-electron chi connectivity index (χ1n) is 8.18. The molecule has 132 valence electrons. The molecule has 1 aromatic heterocycles. The number of guanidine groups is 1. The zero-order chi connectivity index (χ0) is 16.3. The molecule has 2 N–H and O–H groups in total. The van der Waals surface area contributed by atoms with Gasteiger partial charge in [0.15, 0.2) is 5.96 Å². The van der Waals surface area contributed by atoms with Crippen LogP contribution in [0.5, 0.6) is 0 Å². The van der Waals surface area contributed by atoms with Crippen molar-refractivity contribution in [3.63, 3.8) is 0 Å². The fourth-order valence-corrected chi connectivity index (χ4v) is 2.40. The van der Waals surface area contributed by atoms with Gasteiger partial charge in [0.1, 0.15) is 12.2 Å². The van der Waals surface area contributed by atoms with Gasteiger partial charge in [-0.1, -0.05) is 37.3 Å². The lowest BCUT2D eigenvalue weighted by Crippen LogP contribution is -2.39. The lowest BCUT2D eigenvalue weighted by atomic mass is 10.1. The van der Waals surface area contributed by atoms with E-state index in [0.717, 1.165) is 50.7 Å². The van der Waals surface area contributed by atoms with Crippen LogP contribution in [0.25, 0.3) is 0 Å². The SMILES string of the molecule is CCc1nncn1CCNC(=NC)NCCCc1ccccc1.I. The number of aryl methyl sites for hydroxylation is 2. The molecule has 6 nitrogen and oxygen atoms in total. The molecule has 0 atom stereocenters. The molecule has 0 radical (unpaired) electrons. The quantitative estimate of drug-likeness (QED) is 0.285. The zero-order valence-electron chi connectivity index (χ0n) is 14.4. The van der Waals surface area contributed by atoms with E-state index in [9.17, 15) is 0 Å². The van der Waals surface area contributed by atoms with Crippen LogP contribution in [-0.2, 0) is 19.4 Å². The van der Waals surface area contributed by atoms with Crippen LogP contribution in [-0.4, -0.2) is 40.9 Å². The molecule has 0 spiro atoms. The van der Waals surface area contributed by atoms with Crippen LogP contribution < -0.4 is 10.6 Å². The van der Waals surface area contributed by atoms with Crippen molar-refractivity contribution in [3.05, 3.63) is 48.0 Å². The molecule has 0 unspecified atom stereocenters. The summed E-state index contributed by atoms with van der Waals surface area (Å²) in [4.78, 5) is 4.25. The summed E-state index contributed by atoms with van der Waals surface area (Å²) in [6.45, 7) is 4.62. The van der Waals surface area contributed by atoms with E-state index in [1.165, 1.54) is 5.56 Å². The molecule has 0 saturated carbocycles. The number of halogens is 1. The lowest BCUT2D eigenvalue weighted by Gasteiger charge is -2.12. The third-order valence-electron chi connectivity index (χ3n) is 3.66. The Kier molecular flexibility index (Phi) is 10.1. The van der Waals surface area contributed by atoms with Crippen LogP contribution in [0, 0.1) is 0 Å². The van der Waals surface area contributed by atoms with Gasteiger partial charge in [-0.15, -0.1) is 34.2 Å². The maximum Gasteiger partial charge on any atom is 0.191 e. The van der Waals surface area contributed by atoms with Gasteiger partial charge in [-0.3, -0.25) is 4.99 Å². The minimum Gasteiger partial charge on any atom is -0.356 e. The van der Waals surface area contributed by atoms with Gasteiger partial charge < -0.3 is 15.2 Å². The number of rotatable bonds is 8. The fraction of sp³-hybridized carbons (Fsp3) is 0.471. The van der Waals surface area contributed by atoms with Crippen LogP contribution >= 0.6 is 24.0 Å². The molecule has 0 amide bonds. The van der Waals surface area contributed by atoms with Crippen LogP contribution in [0.15, 0.2) is 41.7 Å². The molecule has 2 aromatic rings. The molecule has 7 heteroatoms. The van der Waals surface area contributed by atoms with Crippen molar-refractivity contribution >= 4 is 29.9 Å². The summed E-state index contributed by atoms with van der Waals surface area (Å²) in [7, 11) is 1.79. The highest BCUT2D eigenvalue weighted by molar-refractivity contribution is 14.0. The smallest absolute Gasteiger partial charge is 0.191 e. The van der Waals surface area contributed by atoms with Crippen LogP contribution in [0.4, 0.5) is 0 Å². The Morgan fingerprint density at radius 3 is 2.62 bits per heavy atom. The standard InChI is InChI=1S/C17H26N6.HI/c1-3-16-22-21-14-23(16)13-12-20-17(18-2)19-11-7-10-15-8-5-4-6-9-15;/h4-6,8-9,14H,3,7,10-13H2,1-2H3,(H2,18,19,20);1H. The number of hydrogen-bond acceptors (Lipinski definition) is 3. The second-order valence-electron chi connectivity index (χ2n) is 5.31. The molecule has 0 aliphatic heterocycles. The number of aliphatic imine (C=N–C) groups is 1. The van der Waals surface area contributed by atoms with Gasteiger partial charge in [-0.2, -0.15) is 0 Å². The Balaban J connectivity index is 0.00000288. The topological polar surface area (TPSA) is 67.1 Å². The van der Waals surface area contributed by atoms with Gasteiger partial charge in [0, 0.05) is 33.1 Å². The summed E-state index contributed by atoms with van der Waals surface area (Å²) in [6.07, 6.45) is 4.82. The minimum atomic E-state index is 0. The molecular weight excluding hydrogens is 415 g/mol. The summed E-state index contributed by atoms with van der Waals surface area (Å²) < 4.78 is 2.07. The summed E-state index contributed by atoms with van der Waals surface area (Å²) >= 11 is 0. The van der Waals surface area contributed by atoms with Crippen molar-refractivity contribution in [2.75, 3.05) is 20.1 Å². The third-order valence-corrected chi connectivity index (χ3v) is 3.66. The highest BCUT2D eigenvalue weighted by Gasteiger charge is 2.02. The molecule has 0 aliphatic rings. The second-order valence-corrected chi connectivity index (χ2v) is 5.31. The number of benzene rings is 1. The highest BCUT2D eigenvalue weighted by Crippen LogP contribution is 2.01. The van der Waals surface area contributed by atoms with Gasteiger partial charge in [0.05, 0.1) is 0 Å². The maximum atomic E-state index is 4.25. The van der Waals surface area contributed by atoms with Crippen LogP contribution in [0.3, 0.4) is 0 Å². The van der Waals surface area contributed by atoms with E-state index in [-0.39, 0.29) is 24.0 Å². The summed E-state index contributed by atoms with van der Waals surface area (Å²) in [5, 5.41) is 14.7. The van der Waals surface area contributed by atoms with Crippen molar-refractivity contribution < 1.29 is 0 Å². The van der Waals surface area contributed by atoms with Gasteiger partial charge in [0.25, 0.3) is 0 Å². The van der Waals surface area contributed by atoms with E-state index >= 15 is 0 Å². The Hall–Kier alpha value is -1.64. The predicted molar refractivity (Wildman–Crippen MR) is 109 cm³/mol. The molecule has 0 bridgehead atoms. The van der Waals surface area contributed by atoms with E-state index < -0.39 is 0 Å². The maximum absolute atomic E-state index is 4.25. The van der Waals surface area contributed by atoms with Gasteiger partial charge in [-0.05, 0) is 18.4 Å². The molecular formula is C17H27IN6. The molecule has 0 aliphatic carbocycles.